The van der Waals surface area contributed by atoms with Crippen molar-refractivity contribution >= 4 is 5.97 Å². The minimum Gasteiger partial charge on any atom is -0.505 e. The van der Waals surface area contributed by atoms with Gasteiger partial charge in [0.2, 0.25) is 0 Å². The Hall–Kier alpha value is -1.65. The van der Waals surface area contributed by atoms with Crippen LogP contribution in [0.1, 0.15) is 12.5 Å². The predicted octanol–water partition coefficient (Wildman–Crippen LogP) is 1.93. The van der Waals surface area contributed by atoms with Crippen molar-refractivity contribution in [2.45, 2.75) is 13.3 Å². The minimum absolute atomic E-state index is 0.0394. The number of carboxylic acid groups (broad SMARTS) is 1. The lowest BCUT2D eigenvalue weighted by Crippen LogP contribution is -2.12. The number of phenols is 1. The highest BCUT2D eigenvalue weighted by molar-refractivity contribution is 5.70. The summed E-state index contributed by atoms with van der Waals surface area (Å²) in [7, 11) is 0. The number of hydrogen-bond acceptors (Lipinski definition) is 2. The van der Waals surface area contributed by atoms with Crippen molar-refractivity contribution in [3.05, 3.63) is 29.3 Å². The van der Waals surface area contributed by atoms with Crippen LogP contribution in [0.25, 0.3) is 0 Å². The summed E-state index contributed by atoms with van der Waals surface area (Å²) in [6.45, 7) is 1.39. The fourth-order valence-electron chi connectivity index (χ4n) is 1.19. The second-order valence-corrected chi connectivity index (χ2v) is 3.34. The number of carbonyl (C=O) groups is 1. The monoisotopic (exact) mass is 216 g/mol. The first-order chi connectivity index (χ1) is 6.91. The van der Waals surface area contributed by atoms with Crippen LogP contribution in [0.3, 0.4) is 0 Å². The lowest BCUT2D eigenvalue weighted by atomic mass is 10.0. The van der Waals surface area contributed by atoms with E-state index >= 15 is 0 Å². The van der Waals surface area contributed by atoms with Crippen molar-refractivity contribution in [2.75, 3.05) is 0 Å². The normalized spacial score (nSPS) is 12.5. The molecule has 82 valence electrons. The van der Waals surface area contributed by atoms with Gasteiger partial charge in [0.1, 0.15) is 5.82 Å². The Bertz CT molecular complexity index is 390. The molecule has 2 N–H and O–H groups in total. The van der Waals surface area contributed by atoms with Crippen molar-refractivity contribution in [1.82, 2.24) is 0 Å². The number of benzene rings is 1. The maximum Gasteiger partial charge on any atom is 0.306 e. The topological polar surface area (TPSA) is 57.5 Å². The SMILES string of the molecule is CC(Cc1cc(F)cc(F)c1O)C(=O)O. The number of hydrogen-bond donors (Lipinski definition) is 2. The van der Waals surface area contributed by atoms with Gasteiger partial charge in [-0.15, -0.1) is 0 Å². The molecule has 0 amide bonds. The Balaban J connectivity index is 2.99. The van der Waals surface area contributed by atoms with Gasteiger partial charge in [-0.25, -0.2) is 8.78 Å². The summed E-state index contributed by atoms with van der Waals surface area (Å²) in [6, 6.07) is 1.47. The minimum atomic E-state index is -1.08. The predicted molar refractivity (Wildman–Crippen MR) is 48.5 cm³/mol. The van der Waals surface area contributed by atoms with Crippen LogP contribution in [0.5, 0.6) is 5.75 Å². The zero-order valence-electron chi connectivity index (χ0n) is 8.00. The van der Waals surface area contributed by atoms with Gasteiger partial charge >= 0.3 is 5.97 Å². The van der Waals surface area contributed by atoms with Gasteiger partial charge in [-0.3, -0.25) is 4.79 Å². The van der Waals surface area contributed by atoms with Crippen LogP contribution < -0.4 is 0 Å². The molecule has 0 spiro atoms. The zero-order valence-corrected chi connectivity index (χ0v) is 8.00. The zero-order chi connectivity index (χ0) is 11.6. The van der Waals surface area contributed by atoms with Gasteiger partial charge in [0, 0.05) is 11.6 Å². The van der Waals surface area contributed by atoms with Crippen LogP contribution in [0.2, 0.25) is 0 Å². The number of aliphatic carboxylic acids is 1. The number of rotatable bonds is 3. The second-order valence-electron chi connectivity index (χ2n) is 3.34. The quantitative estimate of drug-likeness (QED) is 0.811. The van der Waals surface area contributed by atoms with E-state index in [9.17, 15) is 18.7 Å². The van der Waals surface area contributed by atoms with E-state index < -0.39 is 29.3 Å². The first kappa shape index (κ1) is 11.4. The molecule has 0 fully saturated rings. The van der Waals surface area contributed by atoms with Gasteiger partial charge < -0.3 is 10.2 Å². The Labute approximate surface area is 85.0 Å². The molecule has 15 heavy (non-hydrogen) atoms. The molecule has 0 saturated carbocycles. The van der Waals surface area contributed by atoms with E-state index in [1.54, 1.807) is 0 Å². The molecular weight excluding hydrogens is 206 g/mol. The lowest BCUT2D eigenvalue weighted by molar-refractivity contribution is -0.141. The third-order valence-corrected chi connectivity index (χ3v) is 2.05. The molecule has 0 bridgehead atoms. The molecule has 0 radical (unpaired) electrons. The average Bonchev–Trinajstić information content (AvgIpc) is 2.13. The standard InChI is InChI=1S/C10H10F2O3/c1-5(10(14)15)2-6-3-7(11)4-8(12)9(6)13/h3-5,13H,2H2,1H3,(H,14,15). The smallest absolute Gasteiger partial charge is 0.306 e. The van der Waals surface area contributed by atoms with Crippen LogP contribution in [0.4, 0.5) is 8.78 Å². The molecule has 0 heterocycles. The molecule has 1 unspecified atom stereocenters. The van der Waals surface area contributed by atoms with E-state index in [-0.39, 0.29) is 12.0 Å². The molecule has 5 heteroatoms. The van der Waals surface area contributed by atoms with Crippen molar-refractivity contribution in [1.29, 1.82) is 0 Å². The van der Waals surface area contributed by atoms with Gasteiger partial charge in [0.05, 0.1) is 5.92 Å². The lowest BCUT2D eigenvalue weighted by Gasteiger charge is -2.08. The highest BCUT2D eigenvalue weighted by Crippen LogP contribution is 2.25. The summed E-state index contributed by atoms with van der Waals surface area (Å²) < 4.78 is 25.6. The molecule has 3 nitrogen and oxygen atoms in total. The Morgan fingerprint density at radius 3 is 2.60 bits per heavy atom. The molecule has 1 rings (SSSR count). The third-order valence-electron chi connectivity index (χ3n) is 2.05. The summed E-state index contributed by atoms with van der Waals surface area (Å²) in [6.07, 6.45) is -0.115. The number of aromatic hydroxyl groups is 1. The maximum atomic E-state index is 12.9. The molecule has 1 atom stereocenters. The third kappa shape index (κ3) is 2.65. The first-order valence-corrected chi connectivity index (χ1v) is 4.31. The Morgan fingerprint density at radius 1 is 1.47 bits per heavy atom. The van der Waals surface area contributed by atoms with Crippen molar-refractivity contribution in [3.8, 4) is 5.75 Å². The highest BCUT2D eigenvalue weighted by atomic mass is 19.1. The molecule has 0 aliphatic rings. The maximum absolute atomic E-state index is 12.9. The number of phenolic OH excluding ortho intramolecular Hbond substituents is 1. The van der Waals surface area contributed by atoms with Gasteiger partial charge in [0.15, 0.2) is 11.6 Å². The molecule has 0 aliphatic carbocycles. The molecule has 1 aromatic carbocycles. The van der Waals surface area contributed by atoms with E-state index in [2.05, 4.69) is 0 Å². The van der Waals surface area contributed by atoms with Crippen molar-refractivity contribution < 1.29 is 23.8 Å². The molecule has 0 aliphatic heterocycles. The van der Waals surface area contributed by atoms with E-state index in [0.717, 1.165) is 6.07 Å². The Morgan fingerprint density at radius 2 is 2.07 bits per heavy atom. The summed E-state index contributed by atoms with van der Waals surface area (Å²) in [4.78, 5) is 10.5. The Kier molecular flexibility index (Phi) is 3.24. The molecular formula is C10H10F2O3. The summed E-state index contributed by atoms with van der Waals surface area (Å²) >= 11 is 0. The van der Waals surface area contributed by atoms with Crippen molar-refractivity contribution in [2.24, 2.45) is 5.92 Å². The molecule has 1 aromatic rings. The van der Waals surface area contributed by atoms with E-state index in [1.807, 2.05) is 0 Å². The summed E-state index contributed by atoms with van der Waals surface area (Å²) in [5.74, 6) is -4.50. The fraction of sp³-hybridized carbons (Fsp3) is 0.300. The van der Waals surface area contributed by atoms with Crippen LogP contribution >= 0.6 is 0 Å². The number of carboxylic acids is 1. The largest absolute Gasteiger partial charge is 0.505 e. The van der Waals surface area contributed by atoms with Gasteiger partial charge in [-0.2, -0.15) is 0 Å². The van der Waals surface area contributed by atoms with Crippen LogP contribution in [-0.2, 0) is 11.2 Å². The van der Waals surface area contributed by atoms with E-state index in [4.69, 9.17) is 5.11 Å². The van der Waals surface area contributed by atoms with Gasteiger partial charge in [-0.1, -0.05) is 6.92 Å². The van der Waals surface area contributed by atoms with E-state index in [0.29, 0.717) is 6.07 Å². The summed E-state index contributed by atoms with van der Waals surface area (Å²) in [5, 5.41) is 17.8. The second kappa shape index (κ2) is 4.25. The van der Waals surface area contributed by atoms with Crippen LogP contribution in [-0.4, -0.2) is 16.2 Å². The van der Waals surface area contributed by atoms with E-state index in [1.165, 1.54) is 6.92 Å². The number of halogens is 2. The molecule has 0 saturated heterocycles. The highest BCUT2D eigenvalue weighted by Gasteiger charge is 2.17. The molecule has 0 aromatic heterocycles. The first-order valence-electron chi connectivity index (χ1n) is 4.31. The van der Waals surface area contributed by atoms with Gasteiger partial charge in [-0.05, 0) is 12.5 Å². The van der Waals surface area contributed by atoms with Crippen LogP contribution in [0.15, 0.2) is 12.1 Å². The van der Waals surface area contributed by atoms with Crippen LogP contribution in [0, 0.1) is 17.6 Å². The average molecular weight is 216 g/mol. The fourth-order valence-corrected chi connectivity index (χ4v) is 1.19. The van der Waals surface area contributed by atoms with Crippen molar-refractivity contribution in [3.63, 3.8) is 0 Å². The van der Waals surface area contributed by atoms with Gasteiger partial charge in [0.25, 0.3) is 0 Å². The summed E-state index contributed by atoms with van der Waals surface area (Å²) in [5.41, 5.74) is -0.0394.